The Kier molecular flexibility index (Phi) is 4.56. The Morgan fingerprint density at radius 2 is 1.85 bits per heavy atom. The minimum Gasteiger partial charge on any atom is -0.506 e. The number of Topliss-reactive ketones (excluding diaryl/α,β-unsaturated/α-hetero) is 1. The summed E-state index contributed by atoms with van der Waals surface area (Å²) in [4.78, 5) is 55.4. The Labute approximate surface area is 185 Å². The molecule has 4 N–H and O–H groups in total. The van der Waals surface area contributed by atoms with E-state index in [1.54, 1.807) is 37.3 Å². The zero-order valence-corrected chi connectivity index (χ0v) is 17.3. The van der Waals surface area contributed by atoms with Crippen LogP contribution in [-0.2, 0) is 11.3 Å². The van der Waals surface area contributed by atoms with Crippen molar-refractivity contribution in [2.45, 2.75) is 13.5 Å². The van der Waals surface area contributed by atoms with Crippen LogP contribution in [0.5, 0.6) is 5.75 Å². The van der Waals surface area contributed by atoms with Gasteiger partial charge in [-0.25, -0.2) is 4.98 Å². The number of anilines is 1. The second kappa shape index (κ2) is 7.45. The minimum absolute atomic E-state index is 0.0273. The molecule has 0 atom stereocenters. The number of nitrogens with zero attached hydrogens (tertiary/aromatic N) is 2. The number of H-pyrrole nitrogens is 2. The van der Waals surface area contributed by atoms with Gasteiger partial charge >= 0.3 is 0 Å². The summed E-state index contributed by atoms with van der Waals surface area (Å²) in [5, 5.41) is 18.9. The molecular formula is C23H17N5O5. The van der Waals surface area contributed by atoms with Crippen LogP contribution >= 0.6 is 0 Å². The first-order valence-corrected chi connectivity index (χ1v) is 10.1. The molecule has 164 valence electrons. The van der Waals surface area contributed by atoms with Gasteiger partial charge in [-0.1, -0.05) is 12.1 Å². The molecule has 0 saturated heterocycles. The number of hydrogen-bond donors (Lipinski definition) is 4. The van der Waals surface area contributed by atoms with Crippen LogP contribution in [0.3, 0.4) is 0 Å². The van der Waals surface area contributed by atoms with Crippen LogP contribution in [0, 0.1) is 0 Å². The number of rotatable bonds is 3. The molecule has 0 saturated carbocycles. The maximum Gasteiger partial charge on any atom is 0.271 e. The van der Waals surface area contributed by atoms with Gasteiger partial charge in [0.25, 0.3) is 17.0 Å². The van der Waals surface area contributed by atoms with Crippen LogP contribution in [0.4, 0.5) is 5.82 Å². The summed E-state index contributed by atoms with van der Waals surface area (Å²) < 4.78 is 1.47. The topological polar surface area (TPSA) is 150 Å². The van der Waals surface area contributed by atoms with Crippen LogP contribution < -0.4 is 16.4 Å². The van der Waals surface area contributed by atoms with Gasteiger partial charge in [0.05, 0.1) is 27.9 Å². The van der Waals surface area contributed by atoms with E-state index in [1.165, 1.54) is 16.8 Å². The highest BCUT2D eigenvalue weighted by Gasteiger charge is 2.30. The molecule has 10 heteroatoms. The monoisotopic (exact) mass is 443 g/mol. The SMILES string of the molecule is CCn1c(=O)c(-c2[nH][nH]c(=O)c2/C=C2/C(=O)Nc3ncccc3C2=O)c(O)c2ccccc21. The molecule has 1 aliphatic rings. The summed E-state index contributed by atoms with van der Waals surface area (Å²) >= 11 is 0. The van der Waals surface area contributed by atoms with Crippen LogP contribution in [0.2, 0.25) is 0 Å². The lowest BCUT2D eigenvalue weighted by Crippen LogP contribution is -2.28. The third-order valence-corrected chi connectivity index (χ3v) is 5.59. The molecule has 0 radical (unpaired) electrons. The van der Waals surface area contributed by atoms with Gasteiger partial charge < -0.3 is 15.0 Å². The molecule has 4 aromatic rings. The summed E-state index contributed by atoms with van der Waals surface area (Å²) in [7, 11) is 0. The third kappa shape index (κ3) is 2.99. The van der Waals surface area contributed by atoms with E-state index in [0.29, 0.717) is 17.4 Å². The second-order valence-electron chi connectivity index (χ2n) is 7.40. The number of fused-ring (bicyclic) bond motifs is 2. The Morgan fingerprint density at radius 3 is 2.64 bits per heavy atom. The number of ketones is 1. The number of aryl methyl sites for hydroxylation is 1. The summed E-state index contributed by atoms with van der Waals surface area (Å²) in [6.45, 7) is 2.11. The smallest absolute Gasteiger partial charge is 0.271 e. The molecule has 0 aliphatic carbocycles. The van der Waals surface area contributed by atoms with E-state index in [4.69, 9.17) is 0 Å². The average molecular weight is 443 g/mol. The van der Waals surface area contributed by atoms with Crippen LogP contribution in [-0.4, -0.2) is 36.5 Å². The summed E-state index contributed by atoms with van der Waals surface area (Å²) in [5.41, 5.74) is -1.08. The third-order valence-electron chi connectivity index (χ3n) is 5.59. The summed E-state index contributed by atoms with van der Waals surface area (Å²) in [6.07, 6.45) is 2.56. The fraction of sp³-hybridized carbons (Fsp3) is 0.0870. The maximum atomic E-state index is 13.3. The fourth-order valence-corrected chi connectivity index (χ4v) is 4.02. The van der Waals surface area contributed by atoms with Gasteiger partial charge in [0.2, 0.25) is 5.78 Å². The lowest BCUT2D eigenvalue weighted by molar-refractivity contribution is -0.112. The van der Waals surface area contributed by atoms with Gasteiger partial charge in [-0.05, 0) is 37.3 Å². The highest BCUT2D eigenvalue weighted by molar-refractivity contribution is 6.35. The number of carbonyl (C=O) groups excluding carboxylic acids is 2. The Hall–Kier alpha value is -4.73. The molecule has 0 bridgehead atoms. The standard InChI is InChI=1S/C23H17N5O5/c1-2-28-15-8-4-3-6-11(15)19(30)16(23(28)33)17-13(22(32)27-26-17)10-14-18(29)12-7-5-9-24-20(12)25-21(14)31/h3-10,30H,2H2,1H3,(H,24,25,31)(H2,26,27,32)/b14-10+. The molecule has 1 aliphatic heterocycles. The first kappa shape index (κ1) is 20.2. The number of hydrogen-bond acceptors (Lipinski definition) is 6. The minimum atomic E-state index is -0.730. The Bertz CT molecular complexity index is 1620. The number of amides is 1. The molecule has 0 unspecified atom stereocenters. The maximum absolute atomic E-state index is 13.3. The average Bonchev–Trinajstić information content (AvgIpc) is 3.17. The van der Waals surface area contributed by atoms with E-state index in [1.807, 2.05) is 0 Å². The van der Waals surface area contributed by atoms with Gasteiger partial charge in [-0.2, -0.15) is 0 Å². The van der Waals surface area contributed by atoms with E-state index in [2.05, 4.69) is 20.5 Å². The quantitative estimate of drug-likeness (QED) is 0.281. The summed E-state index contributed by atoms with van der Waals surface area (Å²) in [5.74, 6) is -1.52. The number of pyridine rings is 2. The van der Waals surface area contributed by atoms with Crippen LogP contribution in [0.25, 0.3) is 28.2 Å². The highest BCUT2D eigenvalue weighted by atomic mass is 16.3. The van der Waals surface area contributed by atoms with Gasteiger partial charge in [0.15, 0.2) is 0 Å². The van der Waals surface area contributed by atoms with Gasteiger partial charge in [0, 0.05) is 18.1 Å². The predicted octanol–water partition coefficient (Wildman–Crippen LogP) is 2.02. The zero-order chi connectivity index (χ0) is 23.3. The van der Waals surface area contributed by atoms with E-state index in [9.17, 15) is 24.3 Å². The number of aromatic hydroxyl groups is 1. The van der Waals surface area contributed by atoms with Gasteiger partial charge in [-0.3, -0.25) is 29.4 Å². The molecule has 0 fully saturated rings. The van der Waals surface area contributed by atoms with E-state index >= 15 is 0 Å². The molecule has 1 amide bonds. The molecule has 4 heterocycles. The Morgan fingerprint density at radius 1 is 1.06 bits per heavy atom. The van der Waals surface area contributed by atoms with Crippen LogP contribution in [0.1, 0.15) is 22.8 Å². The van der Waals surface area contributed by atoms with Crippen molar-refractivity contribution in [2.24, 2.45) is 0 Å². The molecule has 3 aromatic heterocycles. The van der Waals surface area contributed by atoms with Crippen molar-refractivity contribution in [1.82, 2.24) is 19.7 Å². The van der Waals surface area contributed by atoms with Crippen molar-refractivity contribution >= 4 is 34.5 Å². The van der Waals surface area contributed by atoms with Gasteiger partial charge in [-0.15, -0.1) is 0 Å². The number of nitrogens with one attached hydrogen (secondary N) is 3. The predicted molar refractivity (Wildman–Crippen MR) is 121 cm³/mol. The second-order valence-corrected chi connectivity index (χ2v) is 7.40. The van der Waals surface area contributed by atoms with E-state index in [0.717, 1.165) is 6.08 Å². The number of carbonyl (C=O) groups is 2. The molecular weight excluding hydrogens is 426 g/mol. The van der Waals surface area contributed by atoms with E-state index < -0.39 is 22.8 Å². The number of aromatic nitrogens is 4. The lowest BCUT2D eigenvalue weighted by atomic mass is 9.96. The largest absolute Gasteiger partial charge is 0.506 e. The van der Waals surface area contributed by atoms with E-state index in [-0.39, 0.29) is 39.5 Å². The van der Waals surface area contributed by atoms with Crippen LogP contribution in [0.15, 0.2) is 57.8 Å². The number of para-hydroxylation sites is 1. The number of benzene rings is 1. The molecule has 0 spiro atoms. The van der Waals surface area contributed by atoms with Crippen molar-refractivity contribution in [3.63, 3.8) is 0 Å². The number of aromatic amines is 2. The lowest BCUT2D eigenvalue weighted by Gasteiger charge is -2.16. The van der Waals surface area contributed by atoms with Gasteiger partial charge in [0.1, 0.15) is 17.1 Å². The van der Waals surface area contributed by atoms with Crippen molar-refractivity contribution in [3.05, 3.63) is 80.0 Å². The van der Waals surface area contributed by atoms with Crippen molar-refractivity contribution < 1.29 is 14.7 Å². The van der Waals surface area contributed by atoms with Crippen molar-refractivity contribution in [2.75, 3.05) is 5.32 Å². The first-order valence-electron chi connectivity index (χ1n) is 10.1. The summed E-state index contributed by atoms with van der Waals surface area (Å²) in [6, 6.07) is 9.90. The Balaban J connectivity index is 1.76. The first-order chi connectivity index (χ1) is 15.9. The molecule has 5 rings (SSSR count). The van der Waals surface area contributed by atoms with Crippen molar-refractivity contribution in [1.29, 1.82) is 0 Å². The molecule has 33 heavy (non-hydrogen) atoms. The normalized spacial score (nSPS) is 14.5. The molecule has 10 nitrogen and oxygen atoms in total. The van der Waals surface area contributed by atoms with Crippen molar-refractivity contribution in [3.8, 4) is 17.0 Å². The molecule has 1 aromatic carbocycles. The zero-order valence-electron chi connectivity index (χ0n) is 17.3. The fourth-order valence-electron chi connectivity index (χ4n) is 4.02. The highest BCUT2D eigenvalue weighted by Crippen LogP contribution is 2.34.